The molecule has 0 saturated heterocycles. The van der Waals surface area contributed by atoms with Gasteiger partial charge in [0.15, 0.2) is 0 Å². The van der Waals surface area contributed by atoms with Crippen LogP contribution in [0.1, 0.15) is 22.8 Å². The summed E-state index contributed by atoms with van der Waals surface area (Å²) in [4.78, 5) is 25.5. The maximum Gasteiger partial charge on any atom is 0.335 e. The normalized spacial score (nSPS) is 18.0. The molecule has 0 bridgehead atoms. The molecule has 2 heterocycles. The Kier molecular flexibility index (Phi) is 3.58. The quantitative estimate of drug-likeness (QED) is 0.867. The molecule has 1 amide bonds. The van der Waals surface area contributed by atoms with Gasteiger partial charge in [0.05, 0.1) is 5.56 Å². The third-order valence-electron chi connectivity index (χ3n) is 3.57. The van der Waals surface area contributed by atoms with E-state index < -0.39 is 5.63 Å². The molecule has 5 nitrogen and oxygen atoms in total. The Morgan fingerprint density at radius 3 is 2.86 bits per heavy atom. The fourth-order valence-corrected chi connectivity index (χ4v) is 2.47. The van der Waals surface area contributed by atoms with Crippen LogP contribution < -0.4 is 15.8 Å². The first-order valence-electron chi connectivity index (χ1n) is 6.87. The molecule has 0 saturated carbocycles. The van der Waals surface area contributed by atoms with Crippen LogP contribution in [0, 0.1) is 0 Å². The third-order valence-corrected chi connectivity index (χ3v) is 3.57. The molecule has 1 aromatic carbocycles. The van der Waals surface area contributed by atoms with Crippen molar-refractivity contribution in [3.8, 4) is 0 Å². The minimum atomic E-state index is -0.460. The topological polar surface area (TPSA) is 62.6 Å². The van der Waals surface area contributed by atoms with Crippen molar-refractivity contribution in [2.24, 2.45) is 0 Å². The minimum Gasteiger partial charge on any atom is -0.430 e. The molecule has 0 spiro atoms. The molecule has 2 aromatic rings. The number of nitrogens with zero attached hydrogens (tertiary/aromatic N) is 1. The van der Waals surface area contributed by atoms with E-state index in [0.717, 1.165) is 17.8 Å². The first kappa shape index (κ1) is 13.6. The smallest absolute Gasteiger partial charge is 0.335 e. The van der Waals surface area contributed by atoms with E-state index in [4.69, 9.17) is 4.42 Å². The number of para-hydroxylation sites is 1. The van der Waals surface area contributed by atoms with E-state index in [0.29, 0.717) is 12.1 Å². The Morgan fingerprint density at radius 2 is 2.10 bits per heavy atom. The van der Waals surface area contributed by atoms with Crippen LogP contribution in [-0.2, 0) is 6.54 Å². The number of fused-ring (bicyclic) bond motifs is 1. The molecule has 0 radical (unpaired) electrons. The summed E-state index contributed by atoms with van der Waals surface area (Å²) in [5.74, 6) is -0.165. The van der Waals surface area contributed by atoms with Crippen molar-refractivity contribution in [3.63, 3.8) is 0 Å². The van der Waals surface area contributed by atoms with Gasteiger partial charge in [-0.15, -0.1) is 0 Å². The maximum atomic E-state index is 12.7. The molecule has 21 heavy (non-hydrogen) atoms. The lowest BCUT2D eigenvalue weighted by atomic mass is 10.1. The number of benzene rings is 1. The van der Waals surface area contributed by atoms with E-state index in [-0.39, 0.29) is 11.9 Å². The molecule has 1 atom stereocenters. The zero-order valence-electron chi connectivity index (χ0n) is 11.7. The molecule has 108 valence electrons. The highest BCUT2D eigenvalue weighted by Gasteiger charge is 2.25. The number of hydrogen-bond acceptors (Lipinski definition) is 4. The van der Waals surface area contributed by atoms with Gasteiger partial charge in [0, 0.05) is 30.9 Å². The fraction of sp³-hybridized carbons (Fsp3) is 0.250. The average molecular weight is 284 g/mol. The van der Waals surface area contributed by atoms with Crippen LogP contribution in [0.15, 0.2) is 51.9 Å². The summed E-state index contributed by atoms with van der Waals surface area (Å²) in [5, 5.41) is 3.38. The lowest BCUT2D eigenvalue weighted by Crippen LogP contribution is -2.39. The molecule has 5 heteroatoms. The number of carbonyl (C=O) groups excluding carboxylic acids is 1. The lowest BCUT2D eigenvalue weighted by molar-refractivity contribution is 0.0983. The van der Waals surface area contributed by atoms with E-state index >= 15 is 0 Å². The monoisotopic (exact) mass is 284 g/mol. The first-order valence-corrected chi connectivity index (χ1v) is 6.87. The van der Waals surface area contributed by atoms with Gasteiger partial charge in [0.1, 0.15) is 6.26 Å². The SMILES string of the molecule is CC1CN(C(=O)c2ccc(=O)oc2)c2ccccc2CN1. The van der Waals surface area contributed by atoms with Crippen LogP contribution in [0.5, 0.6) is 0 Å². The van der Waals surface area contributed by atoms with Gasteiger partial charge < -0.3 is 14.6 Å². The Bertz CT molecular complexity index is 703. The molecule has 3 rings (SSSR count). The maximum absolute atomic E-state index is 12.7. The third kappa shape index (κ3) is 2.73. The van der Waals surface area contributed by atoms with Crippen LogP contribution in [0.25, 0.3) is 0 Å². The highest BCUT2D eigenvalue weighted by molar-refractivity contribution is 6.06. The summed E-state index contributed by atoms with van der Waals surface area (Å²) in [5.41, 5.74) is 1.88. The van der Waals surface area contributed by atoms with Crippen LogP contribution in [0.2, 0.25) is 0 Å². The van der Waals surface area contributed by atoms with E-state index in [1.54, 1.807) is 4.90 Å². The molecule has 1 N–H and O–H groups in total. The van der Waals surface area contributed by atoms with Gasteiger partial charge in [-0.3, -0.25) is 4.79 Å². The Balaban J connectivity index is 2.01. The zero-order valence-corrected chi connectivity index (χ0v) is 11.7. The van der Waals surface area contributed by atoms with Gasteiger partial charge in [-0.25, -0.2) is 4.79 Å². The van der Waals surface area contributed by atoms with Crippen LogP contribution >= 0.6 is 0 Å². The van der Waals surface area contributed by atoms with Gasteiger partial charge in [-0.1, -0.05) is 18.2 Å². The molecule has 0 fully saturated rings. The molecule has 1 aromatic heterocycles. The van der Waals surface area contributed by atoms with Crippen LogP contribution in [-0.4, -0.2) is 18.5 Å². The van der Waals surface area contributed by atoms with Crippen LogP contribution in [0.4, 0.5) is 5.69 Å². The second-order valence-corrected chi connectivity index (χ2v) is 5.17. The number of anilines is 1. The molecule has 1 unspecified atom stereocenters. The summed E-state index contributed by atoms with van der Waals surface area (Å²) in [6, 6.07) is 10.8. The van der Waals surface area contributed by atoms with Crippen molar-refractivity contribution in [2.45, 2.75) is 19.5 Å². The number of hydrogen-bond donors (Lipinski definition) is 1. The second kappa shape index (κ2) is 5.54. The van der Waals surface area contributed by atoms with Crippen LogP contribution in [0.3, 0.4) is 0 Å². The fourth-order valence-electron chi connectivity index (χ4n) is 2.47. The molecular weight excluding hydrogens is 268 g/mol. The van der Waals surface area contributed by atoms with E-state index in [2.05, 4.69) is 5.32 Å². The van der Waals surface area contributed by atoms with Gasteiger partial charge in [0.25, 0.3) is 5.91 Å². The first-order chi connectivity index (χ1) is 10.1. The van der Waals surface area contributed by atoms with Crippen molar-refractivity contribution in [1.82, 2.24) is 5.32 Å². The summed E-state index contributed by atoms with van der Waals surface area (Å²) < 4.78 is 4.80. The van der Waals surface area contributed by atoms with E-state index in [1.807, 2.05) is 31.2 Å². The molecule has 1 aliphatic heterocycles. The minimum absolute atomic E-state index is 0.165. The average Bonchev–Trinajstić information content (AvgIpc) is 2.67. The summed E-state index contributed by atoms with van der Waals surface area (Å²) >= 11 is 0. The van der Waals surface area contributed by atoms with Crippen molar-refractivity contribution in [3.05, 3.63) is 64.2 Å². The van der Waals surface area contributed by atoms with Crippen molar-refractivity contribution in [1.29, 1.82) is 0 Å². The predicted octanol–water partition coefficient (Wildman–Crippen LogP) is 1.78. The molecular formula is C16H16N2O3. The van der Waals surface area contributed by atoms with Crippen molar-refractivity contribution < 1.29 is 9.21 Å². The van der Waals surface area contributed by atoms with Gasteiger partial charge in [0.2, 0.25) is 0 Å². The Morgan fingerprint density at radius 1 is 1.29 bits per heavy atom. The Labute approximate surface area is 122 Å². The summed E-state index contributed by atoms with van der Waals surface area (Å²) in [6.45, 7) is 3.33. The lowest BCUT2D eigenvalue weighted by Gasteiger charge is -2.24. The van der Waals surface area contributed by atoms with Gasteiger partial charge >= 0.3 is 5.63 Å². The van der Waals surface area contributed by atoms with E-state index in [9.17, 15) is 9.59 Å². The standard InChI is InChI=1S/C16H16N2O3/c1-11-9-18(14-5-3-2-4-12(14)8-17-11)16(20)13-6-7-15(19)21-10-13/h2-7,10-11,17H,8-9H2,1H3. The highest BCUT2D eigenvalue weighted by atomic mass is 16.4. The van der Waals surface area contributed by atoms with Crippen molar-refractivity contribution >= 4 is 11.6 Å². The zero-order chi connectivity index (χ0) is 14.8. The largest absolute Gasteiger partial charge is 0.430 e. The predicted molar refractivity (Wildman–Crippen MR) is 79.4 cm³/mol. The van der Waals surface area contributed by atoms with Gasteiger partial charge in [-0.05, 0) is 24.6 Å². The molecule has 0 aliphatic carbocycles. The van der Waals surface area contributed by atoms with Gasteiger partial charge in [-0.2, -0.15) is 0 Å². The van der Waals surface area contributed by atoms with Crippen molar-refractivity contribution in [2.75, 3.05) is 11.4 Å². The van der Waals surface area contributed by atoms with E-state index in [1.165, 1.54) is 18.4 Å². The number of rotatable bonds is 1. The Hall–Kier alpha value is -2.40. The number of amides is 1. The molecule has 1 aliphatic rings. The second-order valence-electron chi connectivity index (χ2n) is 5.17. The number of nitrogens with one attached hydrogen (secondary N) is 1. The number of carbonyl (C=O) groups is 1. The summed E-state index contributed by atoms with van der Waals surface area (Å²) in [6.07, 6.45) is 1.22. The summed E-state index contributed by atoms with van der Waals surface area (Å²) in [7, 11) is 0. The highest BCUT2D eigenvalue weighted by Crippen LogP contribution is 2.24.